The summed E-state index contributed by atoms with van der Waals surface area (Å²) in [4.78, 5) is 0. The highest BCUT2D eigenvalue weighted by Crippen LogP contribution is 2.33. The smallest absolute Gasteiger partial charge is 0.151 e. The zero-order valence-corrected chi connectivity index (χ0v) is 9.46. The van der Waals surface area contributed by atoms with Gasteiger partial charge in [0.05, 0.1) is 11.5 Å². The fourth-order valence-corrected chi connectivity index (χ4v) is 5.18. The summed E-state index contributed by atoms with van der Waals surface area (Å²) >= 11 is 1.79. The maximum absolute atomic E-state index is 11.1. The van der Waals surface area contributed by atoms with E-state index in [0.29, 0.717) is 16.8 Å². The molecular formula is C8H16O2S2. The molecule has 1 aliphatic heterocycles. The number of sulfone groups is 1. The molecule has 0 bridgehead atoms. The topological polar surface area (TPSA) is 34.1 Å². The van der Waals surface area contributed by atoms with Crippen molar-refractivity contribution in [2.24, 2.45) is 0 Å². The monoisotopic (exact) mass is 208 g/mol. The van der Waals surface area contributed by atoms with E-state index in [2.05, 4.69) is 20.8 Å². The number of hydrogen-bond acceptors (Lipinski definition) is 3. The Kier molecular flexibility index (Phi) is 2.78. The Bertz CT molecular complexity index is 249. The summed E-state index contributed by atoms with van der Waals surface area (Å²) < 4.78 is 22.4. The van der Waals surface area contributed by atoms with Crippen molar-refractivity contribution >= 4 is 21.6 Å². The molecule has 4 heteroatoms. The maximum atomic E-state index is 11.1. The zero-order chi connectivity index (χ0) is 9.41. The number of rotatable bonds is 1. The molecule has 72 valence electrons. The molecule has 12 heavy (non-hydrogen) atoms. The lowest BCUT2D eigenvalue weighted by Crippen LogP contribution is -2.16. The lowest BCUT2D eigenvalue weighted by atomic mass is 10.3. The minimum absolute atomic E-state index is 0.185. The van der Waals surface area contributed by atoms with Gasteiger partial charge < -0.3 is 0 Å². The summed E-state index contributed by atoms with van der Waals surface area (Å²) in [5.41, 5.74) is 0. The summed E-state index contributed by atoms with van der Waals surface area (Å²) in [5, 5.41) is 0.329. The van der Waals surface area contributed by atoms with E-state index in [1.54, 1.807) is 11.8 Å². The third-order valence-electron chi connectivity index (χ3n) is 1.71. The number of thioether (sulfide) groups is 1. The molecule has 0 aromatic heterocycles. The molecule has 1 fully saturated rings. The van der Waals surface area contributed by atoms with Crippen molar-refractivity contribution in [2.75, 3.05) is 11.5 Å². The van der Waals surface area contributed by atoms with Gasteiger partial charge in [0.25, 0.3) is 0 Å². The van der Waals surface area contributed by atoms with E-state index in [1.807, 2.05) is 0 Å². The molecule has 1 rings (SSSR count). The molecule has 1 atom stereocenters. The minimum Gasteiger partial charge on any atom is -0.229 e. The highest BCUT2D eigenvalue weighted by atomic mass is 32.2. The van der Waals surface area contributed by atoms with E-state index < -0.39 is 9.84 Å². The fraction of sp³-hybridized carbons (Fsp3) is 1.00. The summed E-state index contributed by atoms with van der Waals surface area (Å²) in [7, 11) is -2.69. The highest BCUT2D eigenvalue weighted by Gasteiger charge is 2.31. The number of hydrogen-bond donors (Lipinski definition) is 0. The second-order valence-corrected chi connectivity index (χ2v) is 8.61. The van der Waals surface area contributed by atoms with Gasteiger partial charge in [-0.3, -0.25) is 0 Å². The standard InChI is InChI=1S/C8H16O2S2/c1-8(2,3)11-7-4-5-12(9,10)6-7/h7H,4-6H2,1-3H3/t7-/m0/s1. The molecule has 0 spiro atoms. The zero-order valence-electron chi connectivity index (χ0n) is 7.83. The highest BCUT2D eigenvalue weighted by molar-refractivity contribution is 8.02. The first-order valence-corrected chi connectivity index (χ1v) is 6.87. The Morgan fingerprint density at radius 1 is 1.33 bits per heavy atom. The van der Waals surface area contributed by atoms with Crippen LogP contribution in [0.2, 0.25) is 0 Å². The molecule has 0 N–H and O–H groups in total. The molecule has 1 aliphatic rings. The van der Waals surface area contributed by atoms with Crippen molar-refractivity contribution < 1.29 is 8.42 Å². The second-order valence-electron chi connectivity index (χ2n) is 4.26. The van der Waals surface area contributed by atoms with Crippen LogP contribution in [0.4, 0.5) is 0 Å². The van der Waals surface area contributed by atoms with Crippen LogP contribution in [-0.4, -0.2) is 29.9 Å². The van der Waals surface area contributed by atoms with E-state index in [0.717, 1.165) is 6.42 Å². The third-order valence-corrected chi connectivity index (χ3v) is 5.13. The Morgan fingerprint density at radius 2 is 1.92 bits per heavy atom. The van der Waals surface area contributed by atoms with Crippen LogP contribution in [-0.2, 0) is 9.84 Å². The largest absolute Gasteiger partial charge is 0.229 e. The second kappa shape index (κ2) is 3.22. The minimum atomic E-state index is -2.69. The maximum Gasteiger partial charge on any atom is 0.151 e. The van der Waals surface area contributed by atoms with Gasteiger partial charge in [-0.2, -0.15) is 11.8 Å². The van der Waals surface area contributed by atoms with Crippen molar-refractivity contribution in [2.45, 2.75) is 37.2 Å². The SMILES string of the molecule is CC(C)(C)S[C@H]1CCS(=O)(=O)C1. The van der Waals surface area contributed by atoms with Crippen molar-refractivity contribution in [3.63, 3.8) is 0 Å². The molecule has 2 nitrogen and oxygen atoms in total. The van der Waals surface area contributed by atoms with Gasteiger partial charge in [-0.05, 0) is 6.42 Å². The van der Waals surface area contributed by atoms with Gasteiger partial charge >= 0.3 is 0 Å². The van der Waals surface area contributed by atoms with Gasteiger partial charge in [0.15, 0.2) is 9.84 Å². The average molecular weight is 208 g/mol. The molecule has 0 aromatic rings. The van der Waals surface area contributed by atoms with E-state index in [1.165, 1.54) is 0 Å². The first-order chi connectivity index (χ1) is 5.29. The van der Waals surface area contributed by atoms with Crippen LogP contribution in [0, 0.1) is 0 Å². The molecule has 0 aliphatic carbocycles. The predicted octanol–water partition coefficient (Wildman–Crippen LogP) is 1.71. The lowest BCUT2D eigenvalue weighted by molar-refractivity contribution is 0.602. The van der Waals surface area contributed by atoms with Crippen molar-refractivity contribution in [1.82, 2.24) is 0 Å². The molecule has 1 saturated heterocycles. The summed E-state index contributed by atoms with van der Waals surface area (Å²) in [5.74, 6) is 0.773. The van der Waals surface area contributed by atoms with Gasteiger partial charge in [-0.25, -0.2) is 8.42 Å². The molecule has 0 saturated carbocycles. The van der Waals surface area contributed by atoms with E-state index >= 15 is 0 Å². The van der Waals surface area contributed by atoms with Gasteiger partial charge in [0.1, 0.15) is 0 Å². The lowest BCUT2D eigenvalue weighted by Gasteiger charge is -2.21. The Morgan fingerprint density at radius 3 is 2.25 bits per heavy atom. The van der Waals surface area contributed by atoms with E-state index in [-0.39, 0.29) is 4.75 Å². The van der Waals surface area contributed by atoms with Crippen LogP contribution >= 0.6 is 11.8 Å². The summed E-state index contributed by atoms with van der Waals surface area (Å²) in [6, 6.07) is 0. The average Bonchev–Trinajstić information content (AvgIpc) is 2.05. The first-order valence-electron chi connectivity index (χ1n) is 4.17. The van der Waals surface area contributed by atoms with Crippen LogP contribution in [0.15, 0.2) is 0 Å². The normalized spacial score (nSPS) is 29.1. The molecule has 0 radical (unpaired) electrons. The quantitative estimate of drug-likeness (QED) is 0.658. The van der Waals surface area contributed by atoms with Crippen molar-refractivity contribution in [1.29, 1.82) is 0 Å². The van der Waals surface area contributed by atoms with E-state index in [4.69, 9.17) is 0 Å². The van der Waals surface area contributed by atoms with Crippen LogP contribution in [0.3, 0.4) is 0 Å². The van der Waals surface area contributed by atoms with Crippen molar-refractivity contribution in [3.8, 4) is 0 Å². The van der Waals surface area contributed by atoms with Crippen LogP contribution in [0.1, 0.15) is 27.2 Å². The van der Waals surface area contributed by atoms with Crippen LogP contribution in [0.25, 0.3) is 0 Å². The molecular weight excluding hydrogens is 192 g/mol. The molecule has 0 amide bonds. The van der Waals surface area contributed by atoms with Gasteiger partial charge in [-0.1, -0.05) is 20.8 Å². The summed E-state index contributed by atoms with van der Waals surface area (Å²) in [6.45, 7) is 6.38. The Hall–Kier alpha value is 0.300. The predicted molar refractivity (Wildman–Crippen MR) is 54.4 cm³/mol. The van der Waals surface area contributed by atoms with E-state index in [9.17, 15) is 8.42 Å². The molecule has 0 aromatic carbocycles. The fourth-order valence-electron chi connectivity index (χ4n) is 1.35. The van der Waals surface area contributed by atoms with Gasteiger partial charge in [0.2, 0.25) is 0 Å². The molecule has 1 heterocycles. The third kappa shape index (κ3) is 3.35. The molecule has 0 unspecified atom stereocenters. The Labute approximate surface area is 79.0 Å². The van der Waals surface area contributed by atoms with Crippen molar-refractivity contribution in [3.05, 3.63) is 0 Å². The van der Waals surface area contributed by atoms with Gasteiger partial charge in [-0.15, -0.1) is 0 Å². The van der Waals surface area contributed by atoms with Gasteiger partial charge in [0, 0.05) is 10.00 Å². The first kappa shape index (κ1) is 10.4. The van der Waals surface area contributed by atoms with Crippen LogP contribution in [0.5, 0.6) is 0 Å². The Balaban J connectivity index is 2.49. The summed E-state index contributed by atoms with van der Waals surface area (Å²) in [6.07, 6.45) is 0.838. The van der Waals surface area contributed by atoms with Crippen LogP contribution < -0.4 is 0 Å².